The molecule has 5 heterocycles. The molecule has 4 aliphatic heterocycles. The van der Waals surface area contributed by atoms with Crippen molar-refractivity contribution in [1.82, 2.24) is 24.9 Å². The van der Waals surface area contributed by atoms with Gasteiger partial charge in [-0.3, -0.25) is 19.1 Å². The van der Waals surface area contributed by atoms with Gasteiger partial charge in [0.15, 0.2) is 0 Å². The highest BCUT2D eigenvalue weighted by molar-refractivity contribution is 5.95. The van der Waals surface area contributed by atoms with E-state index in [9.17, 15) is 37.5 Å². The first-order chi connectivity index (χ1) is 27.2. The van der Waals surface area contributed by atoms with Gasteiger partial charge in [0.2, 0.25) is 11.8 Å². The van der Waals surface area contributed by atoms with Crippen LogP contribution in [0.4, 0.5) is 13.2 Å². The van der Waals surface area contributed by atoms with Crippen LogP contribution in [-0.4, -0.2) is 107 Å². The van der Waals surface area contributed by atoms with Gasteiger partial charge in [-0.1, -0.05) is 24.3 Å². The zero-order valence-corrected chi connectivity index (χ0v) is 31.2. The minimum absolute atomic E-state index is 0.0332. The lowest BCUT2D eigenvalue weighted by Crippen LogP contribution is -2.66. The molecule has 2 aromatic carbocycles. The fourth-order valence-electron chi connectivity index (χ4n) is 9.06. The van der Waals surface area contributed by atoms with E-state index in [0.29, 0.717) is 30.9 Å². The molecule has 2 N–H and O–H groups in total. The molecule has 16 heteroatoms. The summed E-state index contributed by atoms with van der Waals surface area (Å²) < 4.78 is 55.7. The van der Waals surface area contributed by atoms with Crippen molar-refractivity contribution in [3.8, 4) is 6.07 Å². The molecule has 1 unspecified atom stereocenters. The van der Waals surface area contributed by atoms with Crippen LogP contribution in [0.5, 0.6) is 0 Å². The van der Waals surface area contributed by atoms with Crippen LogP contribution in [0.3, 0.4) is 0 Å². The van der Waals surface area contributed by atoms with Gasteiger partial charge in [0.25, 0.3) is 5.91 Å². The number of nitrogens with zero attached hydrogens (tertiary/aromatic N) is 5. The highest BCUT2D eigenvalue weighted by atomic mass is 19.4. The van der Waals surface area contributed by atoms with Crippen molar-refractivity contribution in [2.45, 2.75) is 63.4 Å². The molecule has 3 amide bonds. The first-order valence-electron chi connectivity index (χ1n) is 19.2. The van der Waals surface area contributed by atoms with E-state index in [1.807, 2.05) is 0 Å². The molecule has 13 nitrogen and oxygen atoms in total. The van der Waals surface area contributed by atoms with Crippen LogP contribution in [0.2, 0.25) is 0 Å². The number of ether oxygens (including phenoxy) is 2. The Kier molecular flexibility index (Phi) is 9.88. The van der Waals surface area contributed by atoms with E-state index in [0.717, 1.165) is 36.1 Å². The van der Waals surface area contributed by atoms with Crippen molar-refractivity contribution in [2.24, 2.45) is 22.2 Å². The summed E-state index contributed by atoms with van der Waals surface area (Å²) in [5.74, 6) is -3.87. The third kappa shape index (κ3) is 7.38. The summed E-state index contributed by atoms with van der Waals surface area (Å²) >= 11 is 0. The number of fused-ring (bicyclic) bond motifs is 3. The van der Waals surface area contributed by atoms with Crippen LogP contribution in [0.1, 0.15) is 82.0 Å². The predicted molar refractivity (Wildman–Crippen MR) is 194 cm³/mol. The van der Waals surface area contributed by atoms with E-state index < -0.39 is 52.7 Å². The molecule has 300 valence electrons. The maximum absolute atomic E-state index is 14.5. The molecular weight excluding hydrogens is 745 g/mol. The van der Waals surface area contributed by atoms with E-state index in [-0.39, 0.29) is 68.3 Å². The second-order valence-electron chi connectivity index (χ2n) is 16.6. The average Bonchev–Trinajstić information content (AvgIpc) is 3.74. The summed E-state index contributed by atoms with van der Waals surface area (Å²) in [5, 5.41) is 26.0. The lowest BCUT2D eigenvalue weighted by Gasteiger charge is -2.51. The minimum atomic E-state index is -4.69. The van der Waals surface area contributed by atoms with Crippen LogP contribution in [-0.2, 0) is 25.6 Å². The predicted octanol–water partition coefficient (Wildman–Crippen LogP) is 4.58. The van der Waals surface area contributed by atoms with E-state index in [1.165, 1.54) is 23.2 Å². The normalized spacial score (nSPS) is 24.7. The Labute approximate surface area is 326 Å². The highest BCUT2D eigenvalue weighted by Gasteiger charge is 2.71. The second kappa shape index (κ2) is 14.6. The standard InChI is InChI=1S/C41H43F3N6O7/c42-41(43,44)40(13-14-40)37(55)49-22-39(23-49)21-48(35(52)30-16-46-50(18-30)17-27-3-1-26(15-45)2-4-27)19-32(39)34(51)47-33(28-5-7-29(8-6-28)36(53)54)20-56-24-38-11-9-31(10-12-38)57-25-38/h1-8,16,18,31-33H,9-14,17,19-25H2,(H,47,51)(H,53,54)/t31?,32?,33-,38?/m0/s1. The number of hydrogen-bond donors (Lipinski definition) is 2. The Morgan fingerprint density at radius 2 is 1.67 bits per heavy atom. The maximum atomic E-state index is 14.5. The van der Waals surface area contributed by atoms with Gasteiger partial charge in [-0.15, -0.1) is 0 Å². The molecule has 6 fully saturated rings. The molecule has 4 saturated heterocycles. The Morgan fingerprint density at radius 1 is 0.982 bits per heavy atom. The fraction of sp³-hybridized carbons (Fsp3) is 0.512. The monoisotopic (exact) mass is 788 g/mol. The van der Waals surface area contributed by atoms with Crippen molar-refractivity contribution in [3.63, 3.8) is 0 Å². The van der Waals surface area contributed by atoms with Crippen molar-refractivity contribution in [3.05, 3.63) is 88.7 Å². The maximum Gasteiger partial charge on any atom is 0.403 e. The summed E-state index contributed by atoms with van der Waals surface area (Å²) in [5.41, 5.74) is -1.26. The molecule has 6 aliphatic rings. The van der Waals surface area contributed by atoms with Crippen LogP contribution in [0, 0.1) is 33.5 Å². The Balaban J connectivity index is 1.01. The van der Waals surface area contributed by atoms with Gasteiger partial charge in [-0.2, -0.15) is 23.5 Å². The Morgan fingerprint density at radius 3 is 2.26 bits per heavy atom. The van der Waals surface area contributed by atoms with Gasteiger partial charge in [0, 0.05) is 43.2 Å². The number of nitriles is 1. The highest BCUT2D eigenvalue weighted by Crippen LogP contribution is 2.60. The van der Waals surface area contributed by atoms with Crippen molar-refractivity contribution < 1.29 is 46.9 Å². The van der Waals surface area contributed by atoms with Crippen LogP contribution >= 0.6 is 0 Å². The topological polar surface area (TPSA) is 167 Å². The molecular formula is C41H43F3N6O7. The first-order valence-corrected chi connectivity index (χ1v) is 19.2. The average molecular weight is 789 g/mol. The minimum Gasteiger partial charge on any atom is -0.478 e. The number of likely N-dealkylation sites (tertiary alicyclic amines) is 2. The molecule has 3 aromatic rings. The quantitative estimate of drug-likeness (QED) is 0.267. The second-order valence-corrected chi connectivity index (χ2v) is 16.6. The Bertz CT molecular complexity index is 2060. The van der Waals surface area contributed by atoms with Gasteiger partial charge in [0.05, 0.1) is 73.4 Å². The van der Waals surface area contributed by atoms with Gasteiger partial charge in [-0.25, -0.2) is 4.79 Å². The van der Waals surface area contributed by atoms with Crippen LogP contribution in [0.25, 0.3) is 0 Å². The third-order valence-electron chi connectivity index (χ3n) is 12.7. The number of hydrogen-bond acceptors (Lipinski definition) is 8. The number of rotatable bonds is 12. The largest absolute Gasteiger partial charge is 0.478 e. The number of benzene rings is 2. The number of halogens is 3. The lowest BCUT2D eigenvalue weighted by molar-refractivity contribution is -0.205. The molecule has 1 aromatic heterocycles. The van der Waals surface area contributed by atoms with Crippen LogP contribution < -0.4 is 5.32 Å². The van der Waals surface area contributed by atoms with Gasteiger partial charge >= 0.3 is 12.1 Å². The summed E-state index contributed by atoms with van der Waals surface area (Å²) in [4.78, 5) is 56.0. The van der Waals surface area contributed by atoms with Crippen LogP contribution in [0.15, 0.2) is 60.9 Å². The van der Waals surface area contributed by atoms with Gasteiger partial charge < -0.3 is 29.7 Å². The number of alkyl halides is 3. The van der Waals surface area contributed by atoms with Gasteiger partial charge in [0.1, 0.15) is 5.41 Å². The number of carboxylic acid groups (broad SMARTS) is 1. The SMILES string of the molecule is N#Cc1ccc(Cn2cc(C(=O)N3CC(C(=O)N[C@@H](COCC45CCC(CC4)OC5)c4ccc(C(=O)O)cc4)C4(C3)CN(C(=O)C3(C(F)(F)F)CC3)C4)cn2)cc1. The number of carbonyl (C=O) groups is 4. The number of aromatic carboxylic acids is 1. The number of carbonyl (C=O) groups excluding carboxylic acids is 3. The van der Waals surface area contributed by atoms with Crippen molar-refractivity contribution >= 4 is 23.7 Å². The number of aromatic nitrogens is 2. The number of amides is 3. The molecule has 1 spiro atoms. The number of nitrogens with one attached hydrogen (secondary N) is 1. The molecule has 57 heavy (non-hydrogen) atoms. The summed E-state index contributed by atoms with van der Waals surface area (Å²) in [6, 6.07) is 14.4. The molecule has 0 radical (unpaired) electrons. The van der Waals surface area contributed by atoms with E-state index in [4.69, 9.17) is 14.7 Å². The lowest BCUT2D eigenvalue weighted by atomic mass is 9.70. The molecule has 2 bridgehead atoms. The van der Waals surface area contributed by atoms with E-state index in [2.05, 4.69) is 16.5 Å². The summed E-state index contributed by atoms with van der Waals surface area (Å²) in [6.45, 7) is 1.13. The fourth-order valence-corrected chi connectivity index (χ4v) is 9.06. The van der Waals surface area contributed by atoms with Crippen molar-refractivity contribution in [1.29, 1.82) is 5.26 Å². The van der Waals surface area contributed by atoms with Crippen molar-refractivity contribution in [2.75, 3.05) is 46.0 Å². The summed E-state index contributed by atoms with van der Waals surface area (Å²) in [6.07, 6.45) is 1.88. The zero-order valence-electron chi connectivity index (χ0n) is 31.2. The zero-order chi connectivity index (χ0) is 40.2. The third-order valence-corrected chi connectivity index (χ3v) is 12.7. The molecule has 9 rings (SSSR count). The molecule has 2 aliphatic carbocycles. The number of carboxylic acids is 1. The van der Waals surface area contributed by atoms with Gasteiger partial charge in [-0.05, 0) is 73.9 Å². The van der Waals surface area contributed by atoms with E-state index in [1.54, 1.807) is 47.3 Å². The molecule has 2 atom stereocenters. The molecule has 2 saturated carbocycles. The van der Waals surface area contributed by atoms with E-state index >= 15 is 0 Å². The smallest absolute Gasteiger partial charge is 0.403 e. The Hall–Kier alpha value is -5.27. The first kappa shape index (κ1) is 38.6. The summed E-state index contributed by atoms with van der Waals surface area (Å²) in [7, 11) is 0.